The summed E-state index contributed by atoms with van der Waals surface area (Å²) in [5, 5.41) is 8.00. The molecule has 0 amide bonds. The first-order valence-electron chi connectivity index (χ1n) is 1.45. The number of rotatable bonds is 3. The van der Waals surface area contributed by atoms with Crippen molar-refractivity contribution in [3.63, 3.8) is 0 Å². The second kappa shape index (κ2) is 3.01. The zero-order valence-electron chi connectivity index (χ0n) is 3.42. The van der Waals surface area contributed by atoms with Crippen molar-refractivity contribution in [2.75, 3.05) is 0 Å². The van der Waals surface area contributed by atoms with Crippen molar-refractivity contribution in [3.05, 3.63) is 0 Å². The van der Waals surface area contributed by atoms with Gasteiger partial charge in [-0.25, -0.2) is 16.6 Å². The van der Waals surface area contributed by atoms with E-state index < -0.39 is 6.29 Å². The van der Waals surface area contributed by atoms with E-state index in [0.29, 0.717) is 0 Å². The van der Waals surface area contributed by atoms with Gasteiger partial charge in [0.25, 0.3) is 6.29 Å². The third-order valence-corrected chi connectivity index (χ3v) is 0.346. The van der Waals surface area contributed by atoms with E-state index in [1.54, 1.807) is 0 Å². The van der Waals surface area contributed by atoms with Gasteiger partial charge in [0.1, 0.15) is 0 Å². The summed E-state index contributed by atoms with van der Waals surface area (Å²) in [6.07, 6.45) is -1.14. The summed E-state index contributed by atoms with van der Waals surface area (Å²) in [6.45, 7) is 0. The lowest BCUT2D eigenvalue weighted by Gasteiger charge is -1.85. The molecule has 38 valence electrons. The van der Waals surface area contributed by atoms with Crippen molar-refractivity contribution in [2.24, 2.45) is 15.3 Å². The second-order valence-corrected chi connectivity index (χ2v) is 0.734. The molecule has 0 aliphatic heterocycles. The molecule has 0 aromatic rings. The lowest BCUT2D eigenvalue weighted by molar-refractivity contribution is 0.595. The highest BCUT2D eigenvalue weighted by atomic mass is 15.3. The van der Waals surface area contributed by atoms with Gasteiger partial charge in [0.15, 0.2) is 0 Å². The molecule has 0 aliphatic carbocycles. The number of hydrogen-bond acceptors (Lipinski definition) is 6. The van der Waals surface area contributed by atoms with Crippen LogP contribution >= 0.6 is 0 Å². The smallest absolute Gasteiger partial charge is 0.205 e. The predicted molar refractivity (Wildman–Crippen MR) is 19.2 cm³/mol. The minimum Gasteiger partial charge on any atom is -0.205 e. The van der Waals surface area contributed by atoms with Gasteiger partial charge in [-0.1, -0.05) is 0 Å². The van der Waals surface area contributed by atoms with Gasteiger partial charge in [-0.2, -0.15) is 0 Å². The Balaban J connectivity index is 3.57. The molecule has 0 saturated heterocycles. The van der Waals surface area contributed by atoms with Crippen LogP contribution in [0, 0.1) is 16.6 Å². The summed E-state index contributed by atoms with van der Waals surface area (Å²) in [4.78, 5) is 0. The van der Waals surface area contributed by atoms with Gasteiger partial charge in [0.05, 0.1) is 0 Å². The molecule has 6 heteroatoms. The number of hydrogen-bond donors (Lipinski definition) is 3. The first-order chi connectivity index (χ1) is 3.35. The molecule has 0 aromatic heterocycles. The van der Waals surface area contributed by atoms with E-state index in [0.717, 1.165) is 0 Å². The molecule has 0 atom stereocenters. The SMILES string of the molecule is N=NC(N=N)N=N. The summed E-state index contributed by atoms with van der Waals surface area (Å²) >= 11 is 0. The molecule has 0 spiro atoms. The average molecular weight is 100 g/mol. The molecule has 6 nitrogen and oxygen atoms in total. The van der Waals surface area contributed by atoms with Crippen LogP contribution < -0.4 is 0 Å². The topological polar surface area (TPSA) is 109 Å². The molecule has 0 saturated carbocycles. The van der Waals surface area contributed by atoms with Gasteiger partial charge in [0, 0.05) is 0 Å². The fraction of sp³-hybridized carbons (Fsp3) is 1.00. The Labute approximate surface area is 39.4 Å². The van der Waals surface area contributed by atoms with Crippen molar-refractivity contribution in [2.45, 2.75) is 6.29 Å². The molecule has 0 aliphatic rings. The van der Waals surface area contributed by atoms with Crippen LogP contribution in [0.5, 0.6) is 0 Å². The van der Waals surface area contributed by atoms with E-state index in [4.69, 9.17) is 16.6 Å². The standard InChI is InChI=1S/CH4N6/c2-5-1(6-3)7-4/h1-4H. The molecule has 0 unspecified atom stereocenters. The first kappa shape index (κ1) is 5.80. The van der Waals surface area contributed by atoms with Crippen LogP contribution in [0.1, 0.15) is 0 Å². The lowest BCUT2D eigenvalue weighted by Crippen LogP contribution is -1.87. The van der Waals surface area contributed by atoms with Gasteiger partial charge < -0.3 is 0 Å². The molecular formula is CH4N6. The summed E-state index contributed by atoms with van der Waals surface area (Å²) < 4.78 is 0. The highest BCUT2D eigenvalue weighted by Gasteiger charge is 1.93. The minimum absolute atomic E-state index is 1.14. The Morgan fingerprint density at radius 3 is 1.14 bits per heavy atom. The van der Waals surface area contributed by atoms with Crippen molar-refractivity contribution in [3.8, 4) is 0 Å². The van der Waals surface area contributed by atoms with Crippen molar-refractivity contribution < 1.29 is 0 Å². The molecule has 0 rings (SSSR count). The lowest BCUT2D eigenvalue weighted by atomic mass is 11.0. The highest BCUT2D eigenvalue weighted by molar-refractivity contribution is 4.41. The van der Waals surface area contributed by atoms with E-state index in [1.807, 2.05) is 0 Å². The normalized spacial score (nSPS) is 12.0. The number of nitrogens with one attached hydrogen (secondary N) is 3. The largest absolute Gasteiger partial charge is 0.287 e. The Morgan fingerprint density at radius 1 is 0.857 bits per heavy atom. The monoisotopic (exact) mass is 100 g/mol. The minimum atomic E-state index is -1.14. The second-order valence-electron chi connectivity index (χ2n) is 0.734. The molecule has 0 aromatic carbocycles. The van der Waals surface area contributed by atoms with Crippen LogP contribution in [-0.2, 0) is 0 Å². The van der Waals surface area contributed by atoms with Crippen LogP contribution in [0.2, 0.25) is 0 Å². The summed E-state index contributed by atoms with van der Waals surface area (Å²) in [5.74, 6) is 0. The van der Waals surface area contributed by atoms with Crippen LogP contribution in [0.25, 0.3) is 0 Å². The van der Waals surface area contributed by atoms with Gasteiger partial charge in [-0.3, -0.25) is 0 Å². The van der Waals surface area contributed by atoms with Crippen molar-refractivity contribution in [1.82, 2.24) is 0 Å². The quantitative estimate of drug-likeness (QED) is 0.445. The van der Waals surface area contributed by atoms with E-state index in [-0.39, 0.29) is 0 Å². The molecule has 7 heavy (non-hydrogen) atoms. The average Bonchev–Trinajstić information content (AvgIpc) is 1.72. The molecule has 0 radical (unpaired) electrons. The molecular weight excluding hydrogens is 96.1 g/mol. The summed E-state index contributed by atoms with van der Waals surface area (Å²) in [7, 11) is 0. The van der Waals surface area contributed by atoms with E-state index in [9.17, 15) is 0 Å². The zero-order valence-corrected chi connectivity index (χ0v) is 3.42. The maximum atomic E-state index is 6.16. The summed E-state index contributed by atoms with van der Waals surface area (Å²) in [6, 6.07) is 0. The predicted octanol–water partition coefficient (Wildman–Crippen LogP) is 1.36. The Morgan fingerprint density at radius 2 is 1.14 bits per heavy atom. The molecule has 3 N–H and O–H groups in total. The maximum absolute atomic E-state index is 6.16. The number of nitrogens with zero attached hydrogens (tertiary/aromatic N) is 3. The first-order valence-corrected chi connectivity index (χ1v) is 1.45. The van der Waals surface area contributed by atoms with E-state index >= 15 is 0 Å². The fourth-order valence-corrected chi connectivity index (χ4v) is 0.0866. The molecule has 0 heterocycles. The van der Waals surface area contributed by atoms with Crippen LogP contribution in [0.4, 0.5) is 0 Å². The van der Waals surface area contributed by atoms with Crippen LogP contribution in [0.3, 0.4) is 0 Å². The van der Waals surface area contributed by atoms with Gasteiger partial charge in [-0.05, 0) is 0 Å². The molecule has 0 bridgehead atoms. The Kier molecular flexibility index (Phi) is 2.49. The van der Waals surface area contributed by atoms with E-state index in [1.165, 1.54) is 0 Å². The highest BCUT2D eigenvalue weighted by Crippen LogP contribution is 1.89. The third kappa shape index (κ3) is 1.63. The van der Waals surface area contributed by atoms with E-state index in [2.05, 4.69) is 15.3 Å². The van der Waals surface area contributed by atoms with Crippen molar-refractivity contribution in [1.29, 1.82) is 16.6 Å². The fourth-order valence-electron chi connectivity index (χ4n) is 0.0866. The van der Waals surface area contributed by atoms with Gasteiger partial charge in [0.2, 0.25) is 0 Å². The summed E-state index contributed by atoms with van der Waals surface area (Å²) in [5.41, 5.74) is 18.5. The van der Waals surface area contributed by atoms with Crippen molar-refractivity contribution >= 4 is 0 Å². The van der Waals surface area contributed by atoms with Crippen LogP contribution in [0.15, 0.2) is 15.3 Å². The van der Waals surface area contributed by atoms with Gasteiger partial charge >= 0.3 is 0 Å². The Bertz CT molecular complexity index is 65.2. The molecule has 0 fully saturated rings. The van der Waals surface area contributed by atoms with Crippen LogP contribution in [-0.4, -0.2) is 6.29 Å². The Hall–Kier alpha value is -1.20. The third-order valence-electron chi connectivity index (χ3n) is 0.346. The van der Waals surface area contributed by atoms with Gasteiger partial charge in [-0.15, -0.1) is 15.3 Å². The zero-order chi connectivity index (χ0) is 5.70. The maximum Gasteiger partial charge on any atom is 0.287 e.